The summed E-state index contributed by atoms with van der Waals surface area (Å²) in [5.74, 6) is 0. The summed E-state index contributed by atoms with van der Waals surface area (Å²) in [5, 5.41) is 12.0. The summed E-state index contributed by atoms with van der Waals surface area (Å²) < 4.78 is 20.1. The fraction of sp³-hybridized carbons (Fsp3) is 0.933. The van der Waals surface area contributed by atoms with Gasteiger partial charge in [-0.05, 0) is 41.7 Å². The van der Waals surface area contributed by atoms with Crippen molar-refractivity contribution in [2.45, 2.75) is 71.4 Å². The molecule has 1 N–H and O–H groups in total. The highest BCUT2D eigenvalue weighted by Gasteiger charge is 2.38. The van der Waals surface area contributed by atoms with Crippen molar-refractivity contribution in [3.63, 3.8) is 0 Å². The minimum atomic E-state index is -1.21. The van der Waals surface area contributed by atoms with Crippen molar-refractivity contribution in [1.29, 1.82) is 5.26 Å². The van der Waals surface area contributed by atoms with Crippen molar-refractivity contribution in [1.82, 2.24) is 9.99 Å². The van der Waals surface area contributed by atoms with Crippen LogP contribution < -0.4 is 5.32 Å². The number of rotatable bonds is 9. The molecule has 0 aromatic rings. The second kappa shape index (κ2) is 9.77. The van der Waals surface area contributed by atoms with Crippen molar-refractivity contribution in [2.75, 3.05) is 20.3 Å². The van der Waals surface area contributed by atoms with Crippen molar-refractivity contribution in [3.05, 3.63) is 0 Å². The number of likely N-dealkylation sites (N-methyl/N-ethyl adjacent to an activating group) is 1. The van der Waals surface area contributed by atoms with Gasteiger partial charge in [0, 0.05) is 12.1 Å². The summed E-state index contributed by atoms with van der Waals surface area (Å²) in [6, 6.07) is 2.89. The lowest BCUT2D eigenvalue weighted by molar-refractivity contribution is 0.0920. The summed E-state index contributed by atoms with van der Waals surface area (Å²) in [7, 11) is 0.709. The van der Waals surface area contributed by atoms with E-state index in [4.69, 9.17) is 19.0 Å². The minimum Gasteiger partial charge on any atom is -0.374 e. The number of hydrogen-bond acceptors (Lipinski definition) is 6. The smallest absolute Gasteiger partial charge is 0.259 e. The van der Waals surface area contributed by atoms with Gasteiger partial charge in [-0.1, -0.05) is 0 Å². The Kier molecular flexibility index (Phi) is 8.78. The first-order chi connectivity index (χ1) is 10.4. The van der Waals surface area contributed by atoms with Gasteiger partial charge in [0.05, 0.1) is 37.8 Å². The first-order valence-electron chi connectivity index (χ1n) is 7.96. The molecule has 0 saturated carbocycles. The monoisotopic (exact) mass is 331 g/mol. The molecule has 4 atom stereocenters. The van der Waals surface area contributed by atoms with E-state index in [1.807, 2.05) is 14.0 Å². The lowest BCUT2D eigenvalue weighted by atomic mass is 10.1. The van der Waals surface area contributed by atoms with Gasteiger partial charge in [-0.15, -0.1) is 0 Å². The average molecular weight is 331 g/mol. The van der Waals surface area contributed by atoms with Crippen LogP contribution in [0.2, 0.25) is 0 Å². The Bertz CT molecular complexity index is 354. The summed E-state index contributed by atoms with van der Waals surface area (Å²) in [4.78, 5) is 0. The molecule has 0 spiro atoms. The third kappa shape index (κ3) is 5.42. The fourth-order valence-electron chi connectivity index (χ4n) is 2.68. The van der Waals surface area contributed by atoms with Gasteiger partial charge in [-0.3, -0.25) is 0 Å². The van der Waals surface area contributed by atoms with Gasteiger partial charge >= 0.3 is 0 Å². The fourth-order valence-corrected chi connectivity index (χ4v) is 4.41. The van der Waals surface area contributed by atoms with Crippen molar-refractivity contribution in [2.24, 2.45) is 0 Å². The van der Waals surface area contributed by atoms with Crippen LogP contribution in [0.4, 0.5) is 0 Å². The van der Waals surface area contributed by atoms with Crippen LogP contribution in [0, 0.1) is 11.3 Å². The summed E-state index contributed by atoms with van der Waals surface area (Å²) in [6.07, 6.45) is 0.463. The van der Waals surface area contributed by atoms with E-state index in [0.717, 1.165) is 0 Å². The van der Waals surface area contributed by atoms with Crippen molar-refractivity contribution >= 4 is 8.53 Å². The van der Waals surface area contributed by atoms with Crippen LogP contribution in [-0.4, -0.2) is 55.3 Å². The molecule has 0 aromatic carbocycles. The molecule has 1 fully saturated rings. The van der Waals surface area contributed by atoms with Crippen LogP contribution in [-0.2, 0) is 13.8 Å². The van der Waals surface area contributed by atoms with Crippen LogP contribution in [0.3, 0.4) is 0 Å². The van der Waals surface area contributed by atoms with E-state index in [9.17, 15) is 0 Å². The largest absolute Gasteiger partial charge is 0.374 e. The van der Waals surface area contributed by atoms with Gasteiger partial charge < -0.3 is 19.1 Å². The Labute approximate surface area is 136 Å². The highest BCUT2D eigenvalue weighted by molar-refractivity contribution is 7.44. The Morgan fingerprint density at radius 1 is 1.36 bits per heavy atom. The van der Waals surface area contributed by atoms with Gasteiger partial charge in [0.1, 0.15) is 6.10 Å². The number of nitriles is 1. The Morgan fingerprint density at radius 2 is 2.00 bits per heavy atom. The maximum atomic E-state index is 8.73. The second-order valence-corrected chi connectivity index (χ2v) is 7.45. The van der Waals surface area contributed by atoms with Crippen LogP contribution in [0.1, 0.15) is 41.0 Å². The molecule has 2 unspecified atom stereocenters. The van der Waals surface area contributed by atoms with E-state index in [1.165, 1.54) is 0 Å². The lowest BCUT2D eigenvalue weighted by Crippen LogP contribution is -2.43. The molecule has 1 heterocycles. The quantitative estimate of drug-likeness (QED) is 0.517. The molecule has 1 saturated heterocycles. The van der Waals surface area contributed by atoms with Crippen LogP contribution >= 0.6 is 8.53 Å². The molecule has 0 aromatic heterocycles. The molecule has 0 aliphatic carbocycles. The normalized spacial score (nSPS) is 26.8. The predicted molar refractivity (Wildman–Crippen MR) is 88.3 cm³/mol. The van der Waals surface area contributed by atoms with Crippen molar-refractivity contribution in [3.8, 4) is 6.07 Å². The van der Waals surface area contributed by atoms with Gasteiger partial charge in [0.2, 0.25) is 0 Å². The van der Waals surface area contributed by atoms with E-state index in [-0.39, 0.29) is 18.2 Å². The molecule has 7 heteroatoms. The highest BCUT2D eigenvalue weighted by Crippen LogP contribution is 2.48. The molecule has 1 aliphatic heterocycles. The summed E-state index contributed by atoms with van der Waals surface area (Å²) >= 11 is 0. The number of nitrogens with one attached hydrogen (secondary N) is 1. The number of hydrogen-bond donors (Lipinski definition) is 1. The van der Waals surface area contributed by atoms with Crippen molar-refractivity contribution < 1.29 is 13.8 Å². The first-order valence-corrected chi connectivity index (χ1v) is 9.09. The van der Waals surface area contributed by atoms with E-state index in [0.29, 0.717) is 31.7 Å². The van der Waals surface area contributed by atoms with E-state index in [1.54, 1.807) is 0 Å². The Morgan fingerprint density at radius 3 is 2.50 bits per heavy atom. The molecule has 6 nitrogen and oxygen atoms in total. The molecular formula is C15H30N3O3P. The topological polar surface area (TPSA) is 66.8 Å². The van der Waals surface area contributed by atoms with Gasteiger partial charge in [0.25, 0.3) is 8.53 Å². The van der Waals surface area contributed by atoms with Crippen LogP contribution in [0.25, 0.3) is 0 Å². The SMILES string of the molecule is CN[C@@H]1C(C)OC[C@@H]1OP(OCCC#N)N(C(C)C)C(C)C. The molecule has 1 aliphatic rings. The van der Waals surface area contributed by atoms with Gasteiger partial charge in [-0.25, -0.2) is 4.67 Å². The molecule has 128 valence electrons. The molecule has 1 rings (SSSR count). The standard InChI is InChI=1S/C15H30N3O3P/c1-11(2)18(12(3)4)22(20-9-7-8-16)21-14-10-19-13(5)15(14)17-6/h11-15,17H,7,9-10H2,1-6H3/t13?,14-,15+,22?/m0/s1. The third-order valence-corrected chi connectivity index (χ3v) is 5.81. The van der Waals surface area contributed by atoms with Gasteiger partial charge in [-0.2, -0.15) is 5.26 Å². The maximum Gasteiger partial charge on any atom is 0.259 e. The lowest BCUT2D eigenvalue weighted by Gasteiger charge is -2.37. The molecule has 0 amide bonds. The zero-order chi connectivity index (χ0) is 16.7. The zero-order valence-electron chi connectivity index (χ0n) is 14.6. The molecule has 0 radical (unpaired) electrons. The minimum absolute atomic E-state index is 0.0341. The zero-order valence-corrected chi connectivity index (χ0v) is 15.5. The number of ether oxygens (including phenoxy) is 1. The van der Waals surface area contributed by atoms with E-state index >= 15 is 0 Å². The summed E-state index contributed by atoms with van der Waals surface area (Å²) in [5.41, 5.74) is 0. The molecule has 22 heavy (non-hydrogen) atoms. The number of nitrogens with zero attached hydrogens (tertiary/aromatic N) is 2. The summed E-state index contributed by atoms with van der Waals surface area (Å²) in [6.45, 7) is 11.5. The third-order valence-electron chi connectivity index (χ3n) is 3.65. The Hall–Kier alpha value is -0.280. The van der Waals surface area contributed by atoms with Crippen LogP contribution in [0.15, 0.2) is 0 Å². The average Bonchev–Trinajstić information content (AvgIpc) is 2.78. The van der Waals surface area contributed by atoms with Crippen LogP contribution in [0.5, 0.6) is 0 Å². The first kappa shape index (κ1) is 19.8. The highest BCUT2D eigenvalue weighted by atomic mass is 31.2. The predicted octanol–water partition coefficient (Wildman–Crippen LogP) is 2.65. The van der Waals surface area contributed by atoms with E-state index < -0.39 is 8.53 Å². The van der Waals surface area contributed by atoms with E-state index in [2.05, 4.69) is 43.8 Å². The Balaban J connectivity index is 2.78. The maximum absolute atomic E-state index is 8.73. The molecule has 0 bridgehead atoms. The molecular weight excluding hydrogens is 301 g/mol. The van der Waals surface area contributed by atoms with Gasteiger partial charge in [0.15, 0.2) is 0 Å². The second-order valence-electron chi connectivity index (χ2n) is 6.04.